The lowest BCUT2D eigenvalue weighted by molar-refractivity contribution is -0.138. The van der Waals surface area contributed by atoms with Crippen molar-refractivity contribution in [1.82, 2.24) is 10.2 Å². The van der Waals surface area contributed by atoms with E-state index in [1.54, 1.807) is 43.3 Å². The lowest BCUT2D eigenvalue weighted by Crippen LogP contribution is -2.46. The number of nitrogens with zero attached hydrogens (tertiary/aromatic N) is 1. The lowest BCUT2D eigenvalue weighted by Gasteiger charge is -2.30. The first-order valence-electron chi connectivity index (χ1n) is 8.35. The Kier molecular flexibility index (Phi) is 6.01. The predicted octanol–water partition coefficient (Wildman–Crippen LogP) is 0.929. The minimum absolute atomic E-state index is 0.0699. The number of carbonyl (C=O) groups is 3. The molecule has 1 fully saturated rings. The van der Waals surface area contributed by atoms with Gasteiger partial charge in [0.05, 0.1) is 5.41 Å². The summed E-state index contributed by atoms with van der Waals surface area (Å²) in [5.41, 5.74) is 4.99. The molecular weight excluding hydrogens is 322 g/mol. The molecule has 2 rings (SSSR count). The standard InChI is InChI=1S/C18H25N3O4/c1-21(2)17(24)18(9-3-4-10-18)12-20-16(23)13-5-7-14(8-6-13)25-11-15(19)22/h5-8H,3-4,9-12H2,1-2H3,(H2,19,22)(H,20,23). The topological polar surface area (TPSA) is 102 Å². The Hall–Kier alpha value is -2.57. The van der Waals surface area contributed by atoms with Crippen molar-refractivity contribution in [1.29, 1.82) is 0 Å². The number of hydrogen-bond acceptors (Lipinski definition) is 4. The van der Waals surface area contributed by atoms with Gasteiger partial charge in [-0.3, -0.25) is 14.4 Å². The van der Waals surface area contributed by atoms with Gasteiger partial charge < -0.3 is 20.7 Å². The molecule has 0 saturated heterocycles. The highest BCUT2D eigenvalue weighted by atomic mass is 16.5. The predicted molar refractivity (Wildman–Crippen MR) is 93.1 cm³/mol. The normalized spacial score (nSPS) is 15.4. The zero-order chi connectivity index (χ0) is 18.4. The summed E-state index contributed by atoms with van der Waals surface area (Å²) in [6, 6.07) is 6.43. The highest BCUT2D eigenvalue weighted by Gasteiger charge is 2.42. The van der Waals surface area contributed by atoms with E-state index in [9.17, 15) is 14.4 Å². The zero-order valence-electron chi connectivity index (χ0n) is 14.7. The van der Waals surface area contributed by atoms with Crippen LogP contribution in [0.4, 0.5) is 0 Å². The van der Waals surface area contributed by atoms with Gasteiger partial charge >= 0.3 is 0 Å². The molecule has 1 aromatic rings. The second-order valence-electron chi connectivity index (χ2n) is 6.65. The van der Waals surface area contributed by atoms with E-state index in [0.29, 0.717) is 17.9 Å². The molecule has 1 aliphatic rings. The quantitative estimate of drug-likeness (QED) is 0.766. The van der Waals surface area contributed by atoms with Crippen LogP contribution in [0.5, 0.6) is 5.75 Å². The lowest BCUT2D eigenvalue weighted by atomic mass is 9.84. The Bertz CT molecular complexity index is 634. The van der Waals surface area contributed by atoms with Crippen molar-refractivity contribution in [3.63, 3.8) is 0 Å². The number of hydrogen-bond donors (Lipinski definition) is 2. The molecule has 0 heterocycles. The zero-order valence-corrected chi connectivity index (χ0v) is 14.7. The number of rotatable bonds is 7. The fraction of sp³-hybridized carbons (Fsp3) is 0.500. The van der Waals surface area contributed by atoms with E-state index in [4.69, 9.17) is 10.5 Å². The van der Waals surface area contributed by atoms with Crippen molar-refractivity contribution >= 4 is 17.7 Å². The molecule has 7 nitrogen and oxygen atoms in total. The highest BCUT2D eigenvalue weighted by Crippen LogP contribution is 2.39. The molecule has 25 heavy (non-hydrogen) atoms. The van der Waals surface area contributed by atoms with Crippen molar-refractivity contribution < 1.29 is 19.1 Å². The summed E-state index contributed by atoms with van der Waals surface area (Å²) >= 11 is 0. The third-order valence-corrected chi connectivity index (χ3v) is 4.51. The Morgan fingerprint density at radius 3 is 2.28 bits per heavy atom. The molecule has 0 unspecified atom stereocenters. The summed E-state index contributed by atoms with van der Waals surface area (Å²) in [7, 11) is 3.49. The van der Waals surface area contributed by atoms with Crippen molar-refractivity contribution in [2.24, 2.45) is 11.1 Å². The molecule has 7 heteroatoms. The molecule has 3 amide bonds. The maximum Gasteiger partial charge on any atom is 0.255 e. The summed E-state index contributed by atoms with van der Waals surface area (Å²) in [6.45, 7) is 0.128. The molecule has 1 saturated carbocycles. The monoisotopic (exact) mass is 347 g/mol. The number of primary amides is 1. The third-order valence-electron chi connectivity index (χ3n) is 4.51. The molecule has 0 bridgehead atoms. The number of carbonyl (C=O) groups excluding carboxylic acids is 3. The Morgan fingerprint density at radius 1 is 1.16 bits per heavy atom. The molecule has 3 N–H and O–H groups in total. The SMILES string of the molecule is CN(C)C(=O)C1(CNC(=O)c2ccc(OCC(N)=O)cc2)CCCC1. The van der Waals surface area contributed by atoms with E-state index < -0.39 is 11.3 Å². The second-order valence-corrected chi connectivity index (χ2v) is 6.65. The van der Waals surface area contributed by atoms with Gasteiger partial charge in [-0.05, 0) is 37.1 Å². The van der Waals surface area contributed by atoms with E-state index >= 15 is 0 Å². The Labute approximate surface area is 147 Å². The summed E-state index contributed by atoms with van der Waals surface area (Å²) < 4.78 is 5.16. The molecule has 0 atom stereocenters. The minimum atomic E-state index is -0.561. The van der Waals surface area contributed by atoms with Gasteiger partial charge in [0, 0.05) is 26.2 Å². The number of ether oxygens (including phenoxy) is 1. The van der Waals surface area contributed by atoms with Gasteiger partial charge in [0.2, 0.25) is 5.91 Å². The molecule has 0 spiro atoms. The van der Waals surface area contributed by atoms with Gasteiger partial charge in [-0.2, -0.15) is 0 Å². The molecule has 1 aromatic carbocycles. The molecule has 136 valence electrons. The average Bonchev–Trinajstić information content (AvgIpc) is 3.07. The van der Waals surface area contributed by atoms with Crippen LogP contribution in [0.15, 0.2) is 24.3 Å². The number of nitrogens with two attached hydrogens (primary N) is 1. The van der Waals surface area contributed by atoms with Crippen LogP contribution < -0.4 is 15.8 Å². The summed E-state index contributed by atoms with van der Waals surface area (Å²) in [5, 5.41) is 2.89. The van der Waals surface area contributed by atoms with Gasteiger partial charge in [0.15, 0.2) is 6.61 Å². The van der Waals surface area contributed by atoms with Gasteiger partial charge in [0.1, 0.15) is 5.75 Å². The smallest absolute Gasteiger partial charge is 0.255 e. The molecule has 1 aliphatic carbocycles. The molecular formula is C18H25N3O4. The van der Waals surface area contributed by atoms with Crippen LogP contribution in [0.2, 0.25) is 0 Å². The van der Waals surface area contributed by atoms with Crippen molar-refractivity contribution in [2.45, 2.75) is 25.7 Å². The van der Waals surface area contributed by atoms with Crippen molar-refractivity contribution in [2.75, 3.05) is 27.2 Å². The van der Waals surface area contributed by atoms with Gasteiger partial charge in [0.25, 0.3) is 11.8 Å². The van der Waals surface area contributed by atoms with Crippen LogP contribution in [-0.4, -0.2) is 49.9 Å². The van der Waals surface area contributed by atoms with Crippen LogP contribution >= 0.6 is 0 Å². The molecule has 0 aliphatic heterocycles. The van der Waals surface area contributed by atoms with Crippen molar-refractivity contribution in [3.05, 3.63) is 29.8 Å². The first-order chi connectivity index (χ1) is 11.8. The van der Waals surface area contributed by atoms with Crippen LogP contribution in [0.1, 0.15) is 36.0 Å². The third kappa shape index (κ3) is 4.71. The van der Waals surface area contributed by atoms with Crippen molar-refractivity contribution in [3.8, 4) is 5.75 Å². The summed E-state index contributed by atoms with van der Waals surface area (Å²) in [5.74, 6) is -0.264. The van der Waals surface area contributed by atoms with Crippen LogP contribution in [0.25, 0.3) is 0 Å². The highest BCUT2D eigenvalue weighted by molar-refractivity contribution is 5.95. The number of benzene rings is 1. The van der Waals surface area contributed by atoms with Crippen LogP contribution in [0.3, 0.4) is 0 Å². The fourth-order valence-electron chi connectivity index (χ4n) is 3.20. The average molecular weight is 347 g/mol. The molecule has 0 aromatic heterocycles. The first kappa shape index (κ1) is 18.8. The summed E-state index contributed by atoms with van der Waals surface area (Å²) in [4.78, 5) is 37.2. The second kappa shape index (κ2) is 8.00. The van der Waals surface area contributed by atoms with E-state index in [1.165, 1.54) is 0 Å². The van der Waals surface area contributed by atoms with Gasteiger partial charge in [-0.1, -0.05) is 12.8 Å². The number of nitrogens with one attached hydrogen (secondary N) is 1. The minimum Gasteiger partial charge on any atom is -0.484 e. The van der Waals surface area contributed by atoms with Crippen LogP contribution in [-0.2, 0) is 9.59 Å². The number of amides is 3. The van der Waals surface area contributed by atoms with E-state index in [1.807, 2.05) is 0 Å². The Balaban J connectivity index is 1.97. The Morgan fingerprint density at radius 2 is 1.76 bits per heavy atom. The van der Waals surface area contributed by atoms with E-state index in [2.05, 4.69) is 5.32 Å². The van der Waals surface area contributed by atoms with E-state index in [0.717, 1.165) is 25.7 Å². The maximum absolute atomic E-state index is 12.5. The van der Waals surface area contributed by atoms with Gasteiger partial charge in [-0.15, -0.1) is 0 Å². The summed E-state index contributed by atoms with van der Waals surface area (Å²) in [6.07, 6.45) is 3.59. The first-order valence-corrected chi connectivity index (χ1v) is 8.35. The van der Waals surface area contributed by atoms with E-state index in [-0.39, 0.29) is 18.4 Å². The largest absolute Gasteiger partial charge is 0.484 e. The fourth-order valence-corrected chi connectivity index (χ4v) is 3.20. The molecule has 0 radical (unpaired) electrons. The van der Waals surface area contributed by atoms with Crippen LogP contribution in [0, 0.1) is 5.41 Å². The maximum atomic E-state index is 12.5. The van der Waals surface area contributed by atoms with Gasteiger partial charge in [-0.25, -0.2) is 0 Å².